The van der Waals surface area contributed by atoms with E-state index in [1.807, 2.05) is 13.8 Å². The quantitative estimate of drug-likeness (QED) is 0.123. The van der Waals surface area contributed by atoms with Crippen molar-refractivity contribution in [1.29, 1.82) is 0 Å². The first kappa shape index (κ1) is 33.5. The predicted molar refractivity (Wildman–Crippen MR) is 166 cm³/mol. The van der Waals surface area contributed by atoms with E-state index in [9.17, 15) is 22.8 Å². The van der Waals surface area contributed by atoms with Crippen molar-refractivity contribution in [2.75, 3.05) is 30.3 Å². The van der Waals surface area contributed by atoms with E-state index in [1.54, 1.807) is 51.8 Å². The molecule has 1 atom stereocenters. The number of hydrogen-bond donors (Lipinski definition) is 1. The highest BCUT2D eigenvalue weighted by Crippen LogP contribution is 2.38. The number of anilines is 2. The lowest BCUT2D eigenvalue weighted by Crippen LogP contribution is -2.55. The van der Waals surface area contributed by atoms with Crippen LogP contribution in [-0.2, 0) is 4.74 Å². The van der Waals surface area contributed by atoms with Crippen LogP contribution in [0.15, 0.2) is 23.1 Å². The van der Waals surface area contributed by atoms with Gasteiger partial charge in [0.15, 0.2) is 34.7 Å². The van der Waals surface area contributed by atoms with Crippen LogP contribution < -0.4 is 16.3 Å². The summed E-state index contributed by atoms with van der Waals surface area (Å²) in [6, 6.07) is 2.09. The van der Waals surface area contributed by atoms with Crippen LogP contribution in [0.4, 0.5) is 38.3 Å². The fraction of sp³-hybridized carbons (Fsp3) is 0.406. The zero-order valence-corrected chi connectivity index (χ0v) is 26.9. The molecular formula is C32H34F5N7O3. The Morgan fingerprint density at radius 2 is 1.70 bits per heavy atom. The van der Waals surface area contributed by atoms with Crippen LogP contribution in [0.3, 0.4) is 0 Å². The Balaban J connectivity index is 1.79. The van der Waals surface area contributed by atoms with Crippen molar-refractivity contribution in [3.63, 3.8) is 0 Å². The molecule has 15 heteroatoms. The lowest BCUT2D eigenvalue weighted by molar-refractivity contribution is 0.0218. The number of aryl methyl sites for hydroxylation is 1. The summed E-state index contributed by atoms with van der Waals surface area (Å²) in [5.41, 5.74) is 1.79. The number of nitrogen functional groups attached to an aromatic ring is 1. The number of amides is 1. The molecule has 250 valence electrons. The van der Waals surface area contributed by atoms with E-state index in [2.05, 4.69) is 15.0 Å². The number of nitrogens with zero attached hydrogens (tertiary/aromatic N) is 6. The van der Waals surface area contributed by atoms with Crippen molar-refractivity contribution in [1.82, 2.24) is 24.4 Å². The standard InChI is InChI=1S/C32H34F5N7O3/c1-14(2)25-27(15(3)8-9-39-25)44-29-17(12-18(33)26(40-29)19-20(34)21(35)22(36)23(37)24(19)38)28(41-30(44)45)43-11-10-42(13-16(43)4)31(46)47-32(5,6)7/h8-9,12,14,16H,10-11,13,38H2,1-7H3/t16-/m0/s1. The molecule has 1 aliphatic heterocycles. The second-order valence-corrected chi connectivity index (χ2v) is 12.8. The normalized spacial score (nSPS) is 15.6. The number of rotatable bonds is 4. The zero-order valence-electron chi connectivity index (χ0n) is 26.9. The molecule has 0 saturated carbocycles. The monoisotopic (exact) mass is 659 g/mol. The number of ether oxygens (including phenoxy) is 1. The van der Waals surface area contributed by atoms with E-state index in [4.69, 9.17) is 10.5 Å². The molecule has 4 heterocycles. The van der Waals surface area contributed by atoms with Crippen LogP contribution in [0.5, 0.6) is 0 Å². The van der Waals surface area contributed by atoms with Gasteiger partial charge >= 0.3 is 11.8 Å². The number of aromatic nitrogens is 4. The van der Waals surface area contributed by atoms with Gasteiger partial charge in [-0.1, -0.05) is 13.8 Å². The van der Waals surface area contributed by atoms with Gasteiger partial charge in [-0.2, -0.15) is 4.98 Å². The average Bonchev–Trinajstić information content (AvgIpc) is 2.99. The molecule has 3 aromatic heterocycles. The summed E-state index contributed by atoms with van der Waals surface area (Å²) in [5.74, 6) is -9.73. The Bertz CT molecular complexity index is 1950. The van der Waals surface area contributed by atoms with Gasteiger partial charge in [0.1, 0.15) is 17.1 Å². The number of piperazine rings is 1. The number of benzene rings is 1. The molecule has 1 saturated heterocycles. The Labute approximate surface area is 267 Å². The first-order valence-electron chi connectivity index (χ1n) is 14.9. The largest absolute Gasteiger partial charge is 0.444 e. The Kier molecular flexibility index (Phi) is 8.62. The van der Waals surface area contributed by atoms with Crippen molar-refractivity contribution in [2.24, 2.45) is 0 Å². The molecule has 4 aromatic rings. The van der Waals surface area contributed by atoms with Gasteiger partial charge in [-0.3, -0.25) is 4.98 Å². The van der Waals surface area contributed by atoms with E-state index in [0.29, 0.717) is 11.3 Å². The van der Waals surface area contributed by atoms with Crippen LogP contribution in [0.1, 0.15) is 58.7 Å². The predicted octanol–water partition coefficient (Wildman–Crippen LogP) is 6.00. The van der Waals surface area contributed by atoms with E-state index in [0.717, 1.165) is 10.6 Å². The number of nitrogens with two attached hydrogens (primary N) is 1. The third-order valence-corrected chi connectivity index (χ3v) is 7.82. The molecule has 47 heavy (non-hydrogen) atoms. The molecule has 0 spiro atoms. The zero-order chi connectivity index (χ0) is 34.7. The fourth-order valence-electron chi connectivity index (χ4n) is 5.63. The van der Waals surface area contributed by atoms with Gasteiger partial charge in [-0.05, 0) is 58.2 Å². The van der Waals surface area contributed by atoms with Crippen molar-refractivity contribution < 1.29 is 31.5 Å². The van der Waals surface area contributed by atoms with Crippen molar-refractivity contribution in [2.45, 2.75) is 66.0 Å². The van der Waals surface area contributed by atoms with Gasteiger partial charge in [0.05, 0.1) is 28.0 Å². The van der Waals surface area contributed by atoms with Crippen LogP contribution in [-0.4, -0.2) is 61.8 Å². The second-order valence-electron chi connectivity index (χ2n) is 12.8. The maximum atomic E-state index is 16.0. The van der Waals surface area contributed by atoms with E-state index >= 15 is 8.78 Å². The van der Waals surface area contributed by atoms with Gasteiger partial charge in [-0.15, -0.1) is 0 Å². The highest BCUT2D eigenvalue weighted by molar-refractivity contribution is 5.91. The molecule has 0 bridgehead atoms. The minimum absolute atomic E-state index is 0.00749. The smallest absolute Gasteiger partial charge is 0.410 e. The van der Waals surface area contributed by atoms with Crippen LogP contribution >= 0.6 is 0 Å². The molecule has 1 aromatic carbocycles. The number of halogens is 5. The molecule has 0 unspecified atom stereocenters. The highest BCUT2D eigenvalue weighted by atomic mass is 19.2. The molecule has 1 aliphatic rings. The number of carbonyl (C=O) groups is 1. The van der Waals surface area contributed by atoms with Gasteiger partial charge in [0.2, 0.25) is 0 Å². The van der Waals surface area contributed by atoms with Gasteiger partial charge < -0.3 is 20.3 Å². The minimum atomic E-state index is -2.21. The molecular weight excluding hydrogens is 625 g/mol. The molecule has 1 amide bonds. The van der Waals surface area contributed by atoms with Gasteiger partial charge in [0.25, 0.3) is 0 Å². The highest BCUT2D eigenvalue weighted by Gasteiger charge is 2.34. The Hall–Kier alpha value is -4.82. The summed E-state index contributed by atoms with van der Waals surface area (Å²) < 4.78 is 80.6. The SMILES string of the molecule is Cc1ccnc(C(C)C)c1-n1c(=O)nc(N2CCN(C(=O)OC(C)(C)C)C[C@@H]2C)c2cc(F)c(-c3c(N)c(F)c(F)c(F)c3F)nc21. The van der Waals surface area contributed by atoms with E-state index in [-0.39, 0.29) is 48.1 Å². The Morgan fingerprint density at radius 3 is 2.32 bits per heavy atom. The molecule has 2 N–H and O–H groups in total. The number of carbonyl (C=O) groups excluding carboxylic acids is 1. The molecule has 1 fully saturated rings. The summed E-state index contributed by atoms with van der Waals surface area (Å²) in [4.78, 5) is 43.0. The lowest BCUT2D eigenvalue weighted by atomic mass is 10.0. The third-order valence-electron chi connectivity index (χ3n) is 7.82. The van der Waals surface area contributed by atoms with Crippen molar-refractivity contribution >= 4 is 28.6 Å². The van der Waals surface area contributed by atoms with Crippen LogP contribution in [0, 0.1) is 36.0 Å². The van der Waals surface area contributed by atoms with Crippen LogP contribution in [0.25, 0.3) is 28.0 Å². The first-order valence-corrected chi connectivity index (χ1v) is 14.9. The first-order chi connectivity index (χ1) is 21.9. The van der Waals surface area contributed by atoms with Crippen molar-refractivity contribution in [3.05, 3.63) is 69.2 Å². The minimum Gasteiger partial charge on any atom is -0.444 e. The summed E-state index contributed by atoms with van der Waals surface area (Å²) in [7, 11) is 0. The summed E-state index contributed by atoms with van der Waals surface area (Å²) in [5, 5.41) is -0.0107. The summed E-state index contributed by atoms with van der Waals surface area (Å²) in [6.07, 6.45) is 1.02. The molecule has 5 rings (SSSR count). The molecule has 10 nitrogen and oxygen atoms in total. The van der Waals surface area contributed by atoms with E-state index in [1.165, 1.54) is 4.90 Å². The molecule has 0 aliphatic carbocycles. The maximum Gasteiger partial charge on any atom is 0.410 e. The maximum absolute atomic E-state index is 16.0. The third kappa shape index (κ3) is 5.94. The van der Waals surface area contributed by atoms with E-state index < -0.39 is 69.5 Å². The summed E-state index contributed by atoms with van der Waals surface area (Å²) >= 11 is 0. The Morgan fingerprint density at radius 1 is 1.04 bits per heavy atom. The lowest BCUT2D eigenvalue weighted by Gasteiger charge is -2.41. The number of pyridine rings is 2. The van der Waals surface area contributed by atoms with Crippen LogP contribution in [0.2, 0.25) is 0 Å². The van der Waals surface area contributed by atoms with Gasteiger partial charge in [0, 0.05) is 31.9 Å². The topological polar surface area (TPSA) is 119 Å². The summed E-state index contributed by atoms with van der Waals surface area (Å²) in [6.45, 7) is 12.9. The fourth-order valence-corrected chi connectivity index (χ4v) is 5.63. The van der Waals surface area contributed by atoms with Crippen molar-refractivity contribution in [3.8, 4) is 16.9 Å². The van der Waals surface area contributed by atoms with Gasteiger partial charge in [-0.25, -0.2) is 41.1 Å². The number of hydrogen-bond acceptors (Lipinski definition) is 8. The molecule has 0 radical (unpaired) electrons. The number of fused-ring (bicyclic) bond motifs is 1. The average molecular weight is 660 g/mol. The second kappa shape index (κ2) is 12.1.